The van der Waals surface area contributed by atoms with Crippen LogP contribution in [0.15, 0.2) is 40.8 Å². The highest BCUT2D eigenvalue weighted by Crippen LogP contribution is 2.31. The lowest BCUT2D eigenvalue weighted by molar-refractivity contribution is -0.384. The maximum absolute atomic E-state index is 11.2. The lowest BCUT2D eigenvalue weighted by Crippen LogP contribution is -2.36. The number of amides is 1. The highest BCUT2D eigenvalue weighted by atomic mass is 16.6. The third-order valence-electron chi connectivity index (χ3n) is 4.50. The molecule has 2 N–H and O–H groups in total. The number of rotatable bonds is 6. The van der Waals surface area contributed by atoms with Crippen molar-refractivity contribution in [2.45, 2.75) is 25.8 Å². The fourth-order valence-corrected chi connectivity index (χ4v) is 3.42. The molecule has 2 heterocycles. The Balaban J connectivity index is 1.70. The van der Waals surface area contributed by atoms with E-state index in [-0.39, 0.29) is 17.5 Å². The molecule has 0 unspecified atom stereocenters. The van der Waals surface area contributed by atoms with Crippen molar-refractivity contribution in [1.29, 1.82) is 0 Å². The zero-order valence-corrected chi connectivity index (χ0v) is 13.9. The minimum Gasteiger partial charge on any atom is -0.459 e. The van der Waals surface area contributed by atoms with E-state index < -0.39 is 4.92 Å². The van der Waals surface area contributed by atoms with Crippen molar-refractivity contribution < 1.29 is 14.1 Å². The number of hydrogen-bond donors (Lipinski definition) is 1. The van der Waals surface area contributed by atoms with Crippen LogP contribution < -0.4 is 5.73 Å². The zero-order valence-electron chi connectivity index (χ0n) is 13.9. The number of hydrogen-bond acceptors (Lipinski definition) is 5. The van der Waals surface area contributed by atoms with Crippen molar-refractivity contribution in [2.24, 2.45) is 11.7 Å². The minimum absolute atomic E-state index is 0.0305. The molecule has 132 valence electrons. The number of nitro groups is 1. The Morgan fingerprint density at radius 1 is 1.32 bits per heavy atom. The minimum atomic E-state index is -0.406. The normalized spacial score (nSPS) is 18.2. The first kappa shape index (κ1) is 17.2. The molecule has 0 bridgehead atoms. The van der Waals surface area contributed by atoms with Gasteiger partial charge >= 0.3 is 0 Å². The molecule has 1 amide bonds. The summed E-state index contributed by atoms with van der Waals surface area (Å²) in [5.74, 6) is 1.28. The second-order valence-corrected chi connectivity index (χ2v) is 6.45. The molecule has 7 heteroatoms. The second-order valence-electron chi connectivity index (χ2n) is 6.45. The van der Waals surface area contributed by atoms with Gasteiger partial charge in [0, 0.05) is 19.0 Å². The molecule has 2 aromatic rings. The third kappa shape index (κ3) is 4.24. The van der Waals surface area contributed by atoms with Gasteiger partial charge in [0.05, 0.1) is 17.0 Å². The standard InChI is InChI=1S/C18H21N3O4/c19-18(22)10-13-4-3-9-20(11-13)12-14-7-8-17(25-14)15-5-1-2-6-16(15)21(23)24/h1-2,5-8,13H,3-4,9-12H2,(H2,19,22)/t13-/m1/s1. The molecule has 0 aliphatic carbocycles. The van der Waals surface area contributed by atoms with Gasteiger partial charge in [-0.25, -0.2) is 0 Å². The van der Waals surface area contributed by atoms with E-state index in [2.05, 4.69) is 4.90 Å². The highest BCUT2D eigenvalue weighted by molar-refractivity contribution is 5.74. The Kier molecular flexibility index (Phi) is 5.14. The molecule has 0 radical (unpaired) electrons. The van der Waals surface area contributed by atoms with Gasteiger partial charge in [0.1, 0.15) is 11.5 Å². The number of nitro benzene ring substituents is 1. The molecule has 1 saturated heterocycles. The number of benzene rings is 1. The van der Waals surface area contributed by atoms with Crippen LogP contribution in [-0.2, 0) is 11.3 Å². The van der Waals surface area contributed by atoms with E-state index in [1.807, 2.05) is 6.07 Å². The number of furan rings is 1. The smallest absolute Gasteiger partial charge is 0.280 e. The van der Waals surface area contributed by atoms with Crippen molar-refractivity contribution in [1.82, 2.24) is 4.90 Å². The zero-order chi connectivity index (χ0) is 17.8. The number of piperidine rings is 1. The lowest BCUT2D eigenvalue weighted by Gasteiger charge is -2.31. The van der Waals surface area contributed by atoms with Gasteiger partial charge in [0.25, 0.3) is 5.69 Å². The topological polar surface area (TPSA) is 103 Å². The van der Waals surface area contributed by atoms with E-state index in [1.54, 1.807) is 24.3 Å². The summed E-state index contributed by atoms with van der Waals surface area (Å²) in [5, 5.41) is 11.2. The summed E-state index contributed by atoms with van der Waals surface area (Å²) >= 11 is 0. The van der Waals surface area contributed by atoms with E-state index in [9.17, 15) is 14.9 Å². The summed E-state index contributed by atoms with van der Waals surface area (Å²) in [4.78, 5) is 24.1. The lowest BCUT2D eigenvalue weighted by atomic mass is 9.94. The number of nitrogens with zero attached hydrogens (tertiary/aromatic N) is 2. The number of para-hydroxylation sites is 1. The van der Waals surface area contributed by atoms with Gasteiger partial charge in [-0.15, -0.1) is 0 Å². The van der Waals surface area contributed by atoms with Gasteiger partial charge in [-0.2, -0.15) is 0 Å². The van der Waals surface area contributed by atoms with Crippen LogP contribution >= 0.6 is 0 Å². The number of primary amides is 1. The van der Waals surface area contributed by atoms with Crippen LogP contribution in [0.5, 0.6) is 0 Å². The predicted molar refractivity (Wildman–Crippen MR) is 92.6 cm³/mol. The summed E-state index contributed by atoms with van der Waals surface area (Å²) in [6.07, 6.45) is 2.45. The molecular weight excluding hydrogens is 322 g/mol. The summed E-state index contributed by atoms with van der Waals surface area (Å²) in [7, 11) is 0. The summed E-state index contributed by atoms with van der Waals surface area (Å²) in [5.41, 5.74) is 5.80. The Morgan fingerprint density at radius 2 is 2.12 bits per heavy atom. The third-order valence-corrected chi connectivity index (χ3v) is 4.50. The van der Waals surface area contributed by atoms with Crippen LogP contribution in [0.3, 0.4) is 0 Å². The fraction of sp³-hybridized carbons (Fsp3) is 0.389. The molecule has 0 saturated carbocycles. The Morgan fingerprint density at radius 3 is 2.88 bits per heavy atom. The molecule has 1 aliphatic rings. The molecule has 1 atom stereocenters. The van der Waals surface area contributed by atoms with Crippen molar-refractivity contribution in [3.8, 4) is 11.3 Å². The maximum atomic E-state index is 11.2. The first-order valence-electron chi connectivity index (χ1n) is 8.36. The molecule has 1 fully saturated rings. The van der Waals surface area contributed by atoms with E-state index >= 15 is 0 Å². The van der Waals surface area contributed by atoms with Gasteiger partial charge in [0.15, 0.2) is 0 Å². The van der Waals surface area contributed by atoms with E-state index in [1.165, 1.54) is 6.07 Å². The molecule has 3 rings (SSSR count). The van der Waals surface area contributed by atoms with Crippen LogP contribution in [0.2, 0.25) is 0 Å². The summed E-state index contributed by atoms with van der Waals surface area (Å²) in [6.45, 7) is 2.37. The molecule has 1 aromatic carbocycles. The molecule has 0 spiro atoms. The first-order chi connectivity index (χ1) is 12.0. The average molecular weight is 343 g/mol. The van der Waals surface area contributed by atoms with Crippen LogP contribution in [0.4, 0.5) is 5.69 Å². The first-order valence-corrected chi connectivity index (χ1v) is 8.36. The Labute approximate surface area is 145 Å². The van der Waals surface area contributed by atoms with Gasteiger partial charge in [0.2, 0.25) is 5.91 Å². The molecule has 7 nitrogen and oxygen atoms in total. The van der Waals surface area contributed by atoms with Gasteiger partial charge in [-0.1, -0.05) is 12.1 Å². The maximum Gasteiger partial charge on any atom is 0.280 e. The van der Waals surface area contributed by atoms with Crippen LogP contribution in [0, 0.1) is 16.0 Å². The second kappa shape index (κ2) is 7.48. The van der Waals surface area contributed by atoms with E-state index in [0.29, 0.717) is 24.3 Å². The monoisotopic (exact) mass is 343 g/mol. The molecule has 1 aliphatic heterocycles. The van der Waals surface area contributed by atoms with Crippen molar-refractivity contribution >= 4 is 11.6 Å². The van der Waals surface area contributed by atoms with Crippen molar-refractivity contribution in [2.75, 3.05) is 13.1 Å². The van der Waals surface area contributed by atoms with E-state index in [0.717, 1.165) is 31.7 Å². The van der Waals surface area contributed by atoms with Crippen LogP contribution in [-0.4, -0.2) is 28.8 Å². The van der Waals surface area contributed by atoms with E-state index in [4.69, 9.17) is 10.2 Å². The Bertz CT molecular complexity index is 771. The SMILES string of the molecule is NC(=O)C[C@H]1CCCN(Cc2ccc(-c3ccccc3[N+](=O)[O-])o2)C1. The number of carbonyl (C=O) groups excluding carboxylic acids is 1. The van der Waals surface area contributed by atoms with Gasteiger partial charge < -0.3 is 10.2 Å². The number of carbonyl (C=O) groups is 1. The average Bonchev–Trinajstić information content (AvgIpc) is 3.03. The van der Waals surface area contributed by atoms with Gasteiger partial charge in [-0.3, -0.25) is 19.8 Å². The van der Waals surface area contributed by atoms with Crippen molar-refractivity contribution in [3.63, 3.8) is 0 Å². The molecular formula is C18H21N3O4. The highest BCUT2D eigenvalue weighted by Gasteiger charge is 2.23. The largest absolute Gasteiger partial charge is 0.459 e. The summed E-state index contributed by atoms with van der Waals surface area (Å²) < 4.78 is 5.84. The molecule has 25 heavy (non-hydrogen) atoms. The quantitative estimate of drug-likeness (QED) is 0.641. The van der Waals surface area contributed by atoms with Crippen LogP contribution in [0.25, 0.3) is 11.3 Å². The molecule has 1 aromatic heterocycles. The number of likely N-dealkylation sites (tertiary alicyclic amines) is 1. The van der Waals surface area contributed by atoms with Gasteiger partial charge in [-0.05, 0) is 43.5 Å². The van der Waals surface area contributed by atoms with Crippen molar-refractivity contribution in [3.05, 3.63) is 52.3 Å². The predicted octanol–water partition coefficient (Wildman–Crippen LogP) is 2.94. The van der Waals surface area contributed by atoms with Crippen LogP contribution in [0.1, 0.15) is 25.0 Å². The fourth-order valence-electron chi connectivity index (χ4n) is 3.42. The number of nitrogens with two attached hydrogens (primary N) is 1. The summed E-state index contributed by atoms with van der Waals surface area (Å²) in [6, 6.07) is 10.2. The Hall–Kier alpha value is -2.67.